The second-order valence-electron chi connectivity index (χ2n) is 4.79. The first-order chi connectivity index (χ1) is 9.74. The van der Waals surface area contributed by atoms with Gasteiger partial charge in [0, 0.05) is 22.8 Å². The number of pyridine rings is 1. The van der Waals surface area contributed by atoms with Gasteiger partial charge in [-0.15, -0.1) is 0 Å². The fourth-order valence-corrected chi connectivity index (χ4v) is 2.16. The van der Waals surface area contributed by atoms with Crippen molar-refractivity contribution >= 4 is 16.6 Å². The minimum atomic E-state index is 0.523. The number of nitrogen functional groups attached to an aromatic ring is 1. The molecule has 0 amide bonds. The largest absolute Gasteiger partial charge is 0.489 e. The Hall–Kier alpha value is -2.55. The molecule has 0 atom stereocenters. The molecule has 3 nitrogen and oxygen atoms in total. The Labute approximate surface area is 118 Å². The highest BCUT2D eigenvalue weighted by atomic mass is 16.5. The quantitative estimate of drug-likeness (QED) is 0.734. The molecule has 3 heteroatoms. The van der Waals surface area contributed by atoms with Gasteiger partial charge < -0.3 is 10.5 Å². The van der Waals surface area contributed by atoms with Crippen LogP contribution < -0.4 is 10.5 Å². The highest BCUT2D eigenvalue weighted by molar-refractivity contribution is 5.78. The van der Waals surface area contributed by atoms with E-state index in [-0.39, 0.29) is 0 Å². The molecule has 20 heavy (non-hydrogen) atoms. The third-order valence-corrected chi connectivity index (χ3v) is 3.39. The van der Waals surface area contributed by atoms with Gasteiger partial charge in [-0.05, 0) is 42.8 Å². The SMILES string of the molecule is Cc1c(N)cccc1OCc1ccc2ncccc2c1. The number of hydrogen-bond acceptors (Lipinski definition) is 3. The molecule has 0 aliphatic carbocycles. The Kier molecular flexibility index (Phi) is 3.25. The molecule has 3 rings (SSSR count). The highest BCUT2D eigenvalue weighted by Gasteiger charge is 2.03. The number of nitrogens with zero attached hydrogens (tertiary/aromatic N) is 1. The summed E-state index contributed by atoms with van der Waals surface area (Å²) in [4.78, 5) is 4.31. The number of anilines is 1. The molecule has 3 aromatic rings. The third kappa shape index (κ3) is 2.43. The molecule has 0 bridgehead atoms. The summed E-state index contributed by atoms with van der Waals surface area (Å²) in [6.07, 6.45) is 1.80. The van der Waals surface area contributed by atoms with Crippen LogP contribution in [0.4, 0.5) is 5.69 Å². The van der Waals surface area contributed by atoms with Gasteiger partial charge in [0.15, 0.2) is 0 Å². The minimum absolute atomic E-state index is 0.523. The smallest absolute Gasteiger partial charge is 0.124 e. The maximum absolute atomic E-state index is 5.88. The van der Waals surface area contributed by atoms with E-state index >= 15 is 0 Å². The zero-order chi connectivity index (χ0) is 13.9. The van der Waals surface area contributed by atoms with Gasteiger partial charge in [-0.2, -0.15) is 0 Å². The van der Waals surface area contributed by atoms with Gasteiger partial charge in [0.2, 0.25) is 0 Å². The molecular formula is C17H16N2O. The standard InChI is InChI=1S/C17H16N2O/c1-12-15(18)5-2-6-17(12)20-11-13-7-8-16-14(10-13)4-3-9-19-16/h2-10H,11,18H2,1H3. The van der Waals surface area contributed by atoms with E-state index in [1.54, 1.807) is 6.20 Å². The van der Waals surface area contributed by atoms with Crippen molar-refractivity contribution < 1.29 is 4.74 Å². The molecule has 0 spiro atoms. The lowest BCUT2D eigenvalue weighted by Crippen LogP contribution is -1.99. The molecule has 0 aliphatic rings. The normalized spacial score (nSPS) is 10.7. The van der Waals surface area contributed by atoms with E-state index in [4.69, 9.17) is 10.5 Å². The van der Waals surface area contributed by atoms with Crippen molar-refractivity contribution in [1.29, 1.82) is 0 Å². The summed E-state index contributed by atoms with van der Waals surface area (Å²) in [5, 5.41) is 1.12. The van der Waals surface area contributed by atoms with Gasteiger partial charge in [0.25, 0.3) is 0 Å². The second-order valence-corrected chi connectivity index (χ2v) is 4.79. The molecule has 2 aromatic carbocycles. The first kappa shape index (κ1) is 12.5. The maximum Gasteiger partial charge on any atom is 0.124 e. The van der Waals surface area contributed by atoms with Crippen molar-refractivity contribution in [3.8, 4) is 5.75 Å². The average Bonchev–Trinajstić information content (AvgIpc) is 2.48. The molecule has 0 saturated carbocycles. The predicted octanol–water partition coefficient (Wildman–Crippen LogP) is 3.70. The van der Waals surface area contributed by atoms with Crippen molar-refractivity contribution in [2.75, 3.05) is 5.73 Å². The number of hydrogen-bond donors (Lipinski definition) is 1. The maximum atomic E-state index is 5.88. The first-order valence-corrected chi connectivity index (χ1v) is 6.55. The zero-order valence-corrected chi connectivity index (χ0v) is 11.3. The third-order valence-electron chi connectivity index (χ3n) is 3.39. The molecule has 1 aromatic heterocycles. The van der Waals surface area contributed by atoms with Gasteiger partial charge in [-0.1, -0.05) is 18.2 Å². The van der Waals surface area contributed by atoms with Crippen LogP contribution in [-0.4, -0.2) is 4.98 Å². The topological polar surface area (TPSA) is 48.1 Å². The van der Waals surface area contributed by atoms with Crippen LogP contribution in [0.1, 0.15) is 11.1 Å². The van der Waals surface area contributed by atoms with Gasteiger partial charge in [-0.25, -0.2) is 0 Å². The number of aromatic nitrogens is 1. The predicted molar refractivity (Wildman–Crippen MR) is 81.7 cm³/mol. The first-order valence-electron chi connectivity index (χ1n) is 6.55. The van der Waals surface area contributed by atoms with E-state index in [0.29, 0.717) is 6.61 Å². The molecule has 1 heterocycles. The number of rotatable bonds is 3. The Morgan fingerprint density at radius 2 is 2.00 bits per heavy atom. The van der Waals surface area contributed by atoms with Crippen LogP contribution >= 0.6 is 0 Å². The Bertz CT molecular complexity index is 753. The molecular weight excluding hydrogens is 248 g/mol. The van der Waals surface area contributed by atoms with E-state index < -0.39 is 0 Å². The Morgan fingerprint density at radius 3 is 2.90 bits per heavy atom. The molecule has 0 unspecified atom stereocenters. The summed E-state index contributed by atoms with van der Waals surface area (Å²) in [5.41, 5.74) is 9.73. The van der Waals surface area contributed by atoms with Crippen LogP contribution in [0.5, 0.6) is 5.75 Å². The van der Waals surface area contributed by atoms with Gasteiger partial charge in [-0.3, -0.25) is 4.98 Å². The van der Waals surface area contributed by atoms with Gasteiger partial charge in [0.1, 0.15) is 12.4 Å². The highest BCUT2D eigenvalue weighted by Crippen LogP contribution is 2.24. The monoisotopic (exact) mass is 264 g/mol. The molecule has 0 radical (unpaired) electrons. The van der Waals surface area contributed by atoms with Crippen LogP contribution in [-0.2, 0) is 6.61 Å². The van der Waals surface area contributed by atoms with Gasteiger partial charge in [0.05, 0.1) is 5.52 Å². The lowest BCUT2D eigenvalue weighted by molar-refractivity contribution is 0.304. The van der Waals surface area contributed by atoms with Gasteiger partial charge >= 0.3 is 0 Å². The number of fused-ring (bicyclic) bond motifs is 1. The number of ether oxygens (including phenoxy) is 1. The lowest BCUT2D eigenvalue weighted by atomic mass is 10.1. The van der Waals surface area contributed by atoms with Crippen molar-refractivity contribution in [1.82, 2.24) is 4.98 Å². The molecule has 0 saturated heterocycles. The van der Waals surface area contributed by atoms with Crippen LogP contribution in [0, 0.1) is 6.92 Å². The number of benzene rings is 2. The zero-order valence-electron chi connectivity index (χ0n) is 11.3. The fraction of sp³-hybridized carbons (Fsp3) is 0.118. The van der Waals surface area contributed by atoms with Crippen molar-refractivity contribution in [2.24, 2.45) is 0 Å². The van der Waals surface area contributed by atoms with E-state index in [2.05, 4.69) is 17.1 Å². The Balaban J connectivity index is 1.81. The summed E-state index contributed by atoms with van der Waals surface area (Å²) < 4.78 is 5.85. The van der Waals surface area contributed by atoms with Crippen molar-refractivity contribution in [2.45, 2.75) is 13.5 Å². The number of nitrogens with two attached hydrogens (primary N) is 1. The fourth-order valence-electron chi connectivity index (χ4n) is 2.16. The second kappa shape index (κ2) is 5.21. The molecule has 2 N–H and O–H groups in total. The summed E-state index contributed by atoms with van der Waals surface area (Å²) >= 11 is 0. The molecule has 0 fully saturated rings. The van der Waals surface area contributed by atoms with Crippen LogP contribution in [0.25, 0.3) is 10.9 Å². The van der Waals surface area contributed by atoms with E-state index in [9.17, 15) is 0 Å². The summed E-state index contributed by atoms with van der Waals surface area (Å²) in [7, 11) is 0. The average molecular weight is 264 g/mol. The molecule has 100 valence electrons. The lowest BCUT2D eigenvalue weighted by Gasteiger charge is -2.11. The van der Waals surface area contributed by atoms with Crippen molar-refractivity contribution in [3.05, 3.63) is 65.9 Å². The van der Waals surface area contributed by atoms with E-state index in [1.807, 2.05) is 43.3 Å². The van der Waals surface area contributed by atoms with Crippen LogP contribution in [0.15, 0.2) is 54.7 Å². The summed E-state index contributed by atoms with van der Waals surface area (Å²) in [5.74, 6) is 0.830. The summed E-state index contributed by atoms with van der Waals surface area (Å²) in [6.45, 7) is 2.49. The van der Waals surface area contributed by atoms with Crippen LogP contribution in [0.3, 0.4) is 0 Å². The summed E-state index contributed by atoms with van der Waals surface area (Å²) in [6, 6.07) is 15.9. The van der Waals surface area contributed by atoms with Crippen molar-refractivity contribution in [3.63, 3.8) is 0 Å². The molecule has 0 aliphatic heterocycles. The van der Waals surface area contributed by atoms with E-state index in [1.165, 1.54) is 0 Å². The Morgan fingerprint density at radius 1 is 1.10 bits per heavy atom. The van der Waals surface area contributed by atoms with Crippen LogP contribution in [0.2, 0.25) is 0 Å². The minimum Gasteiger partial charge on any atom is -0.489 e. The van der Waals surface area contributed by atoms with E-state index in [0.717, 1.165) is 33.5 Å².